The average Bonchev–Trinajstić information content (AvgIpc) is 2.36. The SMILES string of the molecule is CC(C)C(N)(C(=O)OC(C)(C)C)S(=O)(=O)c1ccccc1. The molecule has 0 fully saturated rings. The minimum absolute atomic E-state index is 0.00654. The zero-order valence-electron chi connectivity index (χ0n) is 13.1. The highest BCUT2D eigenvalue weighted by Crippen LogP contribution is 2.30. The van der Waals surface area contributed by atoms with Crippen LogP contribution in [0, 0.1) is 5.92 Å². The van der Waals surface area contributed by atoms with Gasteiger partial charge in [-0.1, -0.05) is 32.0 Å². The summed E-state index contributed by atoms with van der Waals surface area (Å²) in [5, 5.41) is 0. The van der Waals surface area contributed by atoms with E-state index in [2.05, 4.69) is 0 Å². The van der Waals surface area contributed by atoms with Gasteiger partial charge in [0.2, 0.25) is 14.7 Å². The largest absolute Gasteiger partial charge is 0.458 e. The molecule has 1 unspecified atom stereocenters. The van der Waals surface area contributed by atoms with Gasteiger partial charge in [-0.3, -0.25) is 0 Å². The van der Waals surface area contributed by atoms with Crippen molar-refractivity contribution >= 4 is 15.8 Å². The summed E-state index contributed by atoms with van der Waals surface area (Å²) in [6.45, 7) is 8.18. The maximum absolute atomic E-state index is 12.8. The quantitative estimate of drug-likeness (QED) is 0.860. The first-order chi connectivity index (χ1) is 9.43. The summed E-state index contributed by atoms with van der Waals surface area (Å²) in [5.74, 6) is -1.58. The summed E-state index contributed by atoms with van der Waals surface area (Å²) in [5.41, 5.74) is 5.22. The Hall–Kier alpha value is -1.40. The molecule has 0 spiro atoms. The molecule has 0 radical (unpaired) electrons. The molecule has 0 aliphatic rings. The molecule has 0 saturated carbocycles. The number of benzene rings is 1. The van der Waals surface area contributed by atoms with E-state index in [1.807, 2.05) is 0 Å². The molecular formula is C15H23NO4S. The molecule has 1 rings (SSSR count). The highest BCUT2D eigenvalue weighted by molar-refractivity contribution is 7.93. The first-order valence-electron chi connectivity index (χ1n) is 6.75. The van der Waals surface area contributed by atoms with Crippen LogP contribution in [0.15, 0.2) is 35.2 Å². The Kier molecular flexibility index (Phi) is 4.85. The molecule has 1 aromatic rings. The fourth-order valence-corrected chi connectivity index (χ4v) is 3.60. The second-order valence-electron chi connectivity index (χ2n) is 6.27. The molecule has 5 nitrogen and oxygen atoms in total. The van der Waals surface area contributed by atoms with E-state index in [1.54, 1.807) is 52.8 Å². The highest BCUT2D eigenvalue weighted by atomic mass is 32.2. The predicted octanol–water partition coefficient (Wildman–Crippen LogP) is 2.11. The van der Waals surface area contributed by atoms with Crippen LogP contribution in [0.2, 0.25) is 0 Å². The lowest BCUT2D eigenvalue weighted by molar-refractivity contribution is -0.159. The molecule has 0 bridgehead atoms. The summed E-state index contributed by atoms with van der Waals surface area (Å²) >= 11 is 0. The number of carbonyl (C=O) groups excluding carboxylic acids is 1. The summed E-state index contributed by atoms with van der Waals surface area (Å²) in [7, 11) is -4.07. The topological polar surface area (TPSA) is 86.5 Å². The third-order valence-corrected chi connectivity index (χ3v) is 5.49. The molecule has 0 amide bonds. The Morgan fingerprint density at radius 3 is 2.00 bits per heavy atom. The fourth-order valence-electron chi connectivity index (χ4n) is 1.81. The van der Waals surface area contributed by atoms with Gasteiger partial charge in [0.15, 0.2) is 0 Å². The number of sulfone groups is 1. The van der Waals surface area contributed by atoms with E-state index in [1.165, 1.54) is 12.1 Å². The number of carbonyl (C=O) groups is 1. The van der Waals surface area contributed by atoms with Crippen molar-refractivity contribution in [1.82, 2.24) is 0 Å². The van der Waals surface area contributed by atoms with Crippen molar-refractivity contribution in [3.05, 3.63) is 30.3 Å². The van der Waals surface area contributed by atoms with E-state index in [0.29, 0.717) is 0 Å². The summed E-state index contributed by atoms with van der Waals surface area (Å²) in [4.78, 5) is 10.3. The fraction of sp³-hybridized carbons (Fsp3) is 0.533. The van der Waals surface area contributed by atoms with E-state index in [-0.39, 0.29) is 4.90 Å². The third kappa shape index (κ3) is 3.44. The van der Waals surface area contributed by atoms with E-state index in [4.69, 9.17) is 10.5 Å². The van der Waals surface area contributed by atoms with E-state index in [0.717, 1.165) is 0 Å². The maximum atomic E-state index is 12.8. The van der Waals surface area contributed by atoms with Crippen molar-refractivity contribution < 1.29 is 17.9 Å². The molecular weight excluding hydrogens is 290 g/mol. The highest BCUT2D eigenvalue weighted by Gasteiger charge is 2.53. The minimum atomic E-state index is -4.07. The molecule has 0 heterocycles. The lowest BCUT2D eigenvalue weighted by atomic mass is 10.0. The van der Waals surface area contributed by atoms with Gasteiger partial charge in [-0.25, -0.2) is 13.2 Å². The number of rotatable bonds is 4. The Morgan fingerprint density at radius 2 is 1.62 bits per heavy atom. The van der Waals surface area contributed by atoms with Gasteiger partial charge in [-0.2, -0.15) is 0 Å². The summed E-state index contributed by atoms with van der Waals surface area (Å²) in [6, 6.07) is 7.71. The van der Waals surface area contributed by atoms with Gasteiger partial charge in [0, 0.05) is 0 Å². The molecule has 2 N–H and O–H groups in total. The van der Waals surface area contributed by atoms with Crippen LogP contribution in [0.1, 0.15) is 34.6 Å². The normalized spacial score (nSPS) is 15.6. The Bertz CT molecular complexity index is 602. The first kappa shape index (κ1) is 17.7. The lowest BCUT2D eigenvalue weighted by Gasteiger charge is -2.33. The maximum Gasteiger partial charge on any atom is 0.343 e. The molecule has 6 heteroatoms. The number of nitrogens with two attached hydrogens (primary N) is 1. The van der Waals surface area contributed by atoms with E-state index in [9.17, 15) is 13.2 Å². The van der Waals surface area contributed by atoms with Gasteiger partial charge >= 0.3 is 5.97 Å². The number of hydrogen-bond donors (Lipinski definition) is 1. The van der Waals surface area contributed by atoms with Crippen LogP contribution in [0.25, 0.3) is 0 Å². The molecule has 0 aromatic heterocycles. The molecule has 1 aromatic carbocycles. The van der Waals surface area contributed by atoms with Crippen molar-refractivity contribution in [3.8, 4) is 0 Å². The van der Waals surface area contributed by atoms with Gasteiger partial charge in [-0.05, 0) is 38.8 Å². The van der Waals surface area contributed by atoms with Gasteiger partial charge in [0.05, 0.1) is 4.90 Å². The number of ether oxygens (including phenoxy) is 1. The smallest absolute Gasteiger partial charge is 0.343 e. The second kappa shape index (κ2) is 5.77. The molecule has 0 saturated heterocycles. The predicted molar refractivity (Wildman–Crippen MR) is 81.2 cm³/mol. The Morgan fingerprint density at radius 1 is 1.14 bits per heavy atom. The van der Waals surface area contributed by atoms with Crippen LogP contribution in [-0.2, 0) is 19.4 Å². The second-order valence-corrected chi connectivity index (χ2v) is 8.42. The molecule has 1 atom stereocenters. The average molecular weight is 313 g/mol. The van der Waals surface area contributed by atoms with E-state index < -0.39 is 32.2 Å². The van der Waals surface area contributed by atoms with Crippen molar-refractivity contribution in [2.45, 2.75) is 50.0 Å². The molecule has 21 heavy (non-hydrogen) atoms. The summed E-state index contributed by atoms with van der Waals surface area (Å²) < 4.78 is 30.8. The Balaban J connectivity index is 3.39. The first-order valence-corrected chi connectivity index (χ1v) is 8.23. The van der Waals surface area contributed by atoms with Crippen LogP contribution < -0.4 is 5.73 Å². The zero-order valence-corrected chi connectivity index (χ0v) is 13.9. The molecule has 0 aliphatic carbocycles. The van der Waals surface area contributed by atoms with Crippen LogP contribution in [0.3, 0.4) is 0 Å². The zero-order chi connectivity index (χ0) is 16.5. The van der Waals surface area contributed by atoms with Crippen LogP contribution in [-0.4, -0.2) is 24.9 Å². The molecule has 0 aliphatic heterocycles. The van der Waals surface area contributed by atoms with Gasteiger partial charge < -0.3 is 10.5 Å². The van der Waals surface area contributed by atoms with Crippen molar-refractivity contribution in [2.24, 2.45) is 11.7 Å². The van der Waals surface area contributed by atoms with Gasteiger partial charge in [-0.15, -0.1) is 0 Å². The van der Waals surface area contributed by atoms with Crippen LogP contribution >= 0.6 is 0 Å². The van der Waals surface area contributed by atoms with Crippen molar-refractivity contribution in [2.75, 3.05) is 0 Å². The number of hydrogen-bond acceptors (Lipinski definition) is 5. The van der Waals surface area contributed by atoms with E-state index >= 15 is 0 Å². The molecule has 118 valence electrons. The Labute approximate surface area is 126 Å². The third-order valence-electron chi connectivity index (χ3n) is 3.07. The van der Waals surface area contributed by atoms with Crippen LogP contribution in [0.4, 0.5) is 0 Å². The van der Waals surface area contributed by atoms with Gasteiger partial charge in [0.1, 0.15) is 5.60 Å². The number of esters is 1. The van der Waals surface area contributed by atoms with Crippen LogP contribution in [0.5, 0.6) is 0 Å². The van der Waals surface area contributed by atoms with Crippen molar-refractivity contribution in [1.29, 1.82) is 0 Å². The standard InChI is InChI=1S/C15H23NO4S/c1-11(2)15(16,13(17)20-14(3,4)5)21(18,19)12-9-7-6-8-10-12/h6-11H,16H2,1-5H3. The monoisotopic (exact) mass is 313 g/mol. The minimum Gasteiger partial charge on any atom is -0.458 e. The summed E-state index contributed by atoms with van der Waals surface area (Å²) in [6.07, 6.45) is 0. The van der Waals surface area contributed by atoms with Crippen molar-refractivity contribution in [3.63, 3.8) is 0 Å². The lowest BCUT2D eigenvalue weighted by Crippen LogP contribution is -2.60. The van der Waals surface area contributed by atoms with Gasteiger partial charge in [0.25, 0.3) is 0 Å².